The van der Waals surface area contributed by atoms with Gasteiger partial charge < -0.3 is 10.1 Å². The summed E-state index contributed by atoms with van der Waals surface area (Å²) in [5.41, 5.74) is 2.37. The fourth-order valence-electron chi connectivity index (χ4n) is 3.06. The zero-order valence-electron chi connectivity index (χ0n) is 19.2. The highest BCUT2D eigenvalue weighted by atomic mass is 35.5. The van der Waals surface area contributed by atoms with Crippen LogP contribution in [0.1, 0.15) is 18.9 Å². The van der Waals surface area contributed by atoms with Gasteiger partial charge in [0.1, 0.15) is 5.75 Å². The topological polar surface area (TPSA) is 75.7 Å². The summed E-state index contributed by atoms with van der Waals surface area (Å²) in [7, 11) is -1.87. The molecule has 0 aliphatic rings. The highest BCUT2D eigenvalue weighted by Gasteiger charge is 2.20. The fourth-order valence-corrected chi connectivity index (χ4v) is 4.66. The van der Waals surface area contributed by atoms with Crippen molar-refractivity contribution in [1.29, 1.82) is 0 Å². The normalized spacial score (nSPS) is 12.1. The van der Waals surface area contributed by atoms with Crippen molar-refractivity contribution in [3.05, 3.63) is 83.4 Å². The first-order valence-corrected chi connectivity index (χ1v) is 13.9. The number of para-hydroxylation sites is 1. The first kappa shape index (κ1) is 25.9. The molecule has 0 bridgehead atoms. The molecule has 9 heteroatoms. The molecule has 1 unspecified atom stereocenters. The number of nitrogens with zero attached hydrogens (tertiary/aromatic N) is 1. The summed E-state index contributed by atoms with van der Waals surface area (Å²) in [6.45, 7) is 1.87. The van der Waals surface area contributed by atoms with Crippen molar-refractivity contribution in [2.45, 2.75) is 30.1 Å². The Balaban J connectivity index is 1.65. The molecule has 1 N–H and O–H groups in total. The summed E-state index contributed by atoms with van der Waals surface area (Å²) in [6, 6.07) is 21.9. The van der Waals surface area contributed by atoms with Gasteiger partial charge in [0.05, 0.1) is 17.6 Å². The number of sulfonamides is 1. The number of anilines is 2. The molecular weight excluding hydrogens is 492 g/mol. The predicted octanol–water partition coefficient (Wildman–Crippen LogP) is 5.82. The number of thioether (sulfide) groups is 1. The predicted molar refractivity (Wildman–Crippen MR) is 140 cm³/mol. The van der Waals surface area contributed by atoms with Gasteiger partial charge in [-0.15, -0.1) is 11.8 Å². The van der Waals surface area contributed by atoms with E-state index in [-0.39, 0.29) is 5.91 Å². The molecule has 0 aromatic heterocycles. The molecule has 3 aromatic carbocycles. The maximum Gasteiger partial charge on any atom is 0.265 e. The molecule has 0 spiro atoms. The lowest BCUT2D eigenvalue weighted by Crippen LogP contribution is -2.32. The van der Waals surface area contributed by atoms with Crippen LogP contribution in [0.3, 0.4) is 0 Å². The number of carbonyl (C=O) groups is 1. The maximum atomic E-state index is 13.0. The van der Waals surface area contributed by atoms with Crippen LogP contribution in [0, 0.1) is 0 Å². The van der Waals surface area contributed by atoms with Crippen molar-refractivity contribution in [2.75, 3.05) is 22.9 Å². The molecule has 0 fully saturated rings. The van der Waals surface area contributed by atoms with Crippen LogP contribution in [0.4, 0.5) is 11.4 Å². The van der Waals surface area contributed by atoms with Crippen LogP contribution in [-0.2, 0) is 20.6 Å². The number of hydrogen-bond donors (Lipinski definition) is 1. The number of hydrogen-bond acceptors (Lipinski definition) is 5. The lowest BCUT2D eigenvalue weighted by atomic mass is 10.2. The molecule has 0 saturated heterocycles. The molecule has 0 radical (unpaired) electrons. The Hall–Kier alpha value is -2.68. The smallest absolute Gasteiger partial charge is 0.265 e. The monoisotopic (exact) mass is 518 g/mol. The third-order valence-corrected chi connectivity index (χ3v) is 7.69. The van der Waals surface area contributed by atoms with E-state index in [4.69, 9.17) is 16.3 Å². The number of amides is 1. The van der Waals surface area contributed by atoms with Gasteiger partial charge in [0.25, 0.3) is 5.91 Å². The molecule has 34 heavy (non-hydrogen) atoms. The molecule has 0 heterocycles. The molecular formula is C25H27ClN2O4S2. The average molecular weight is 519 g/mol. The second-order valence-corrected chi connectivity index (χ2v) is 11.1. The van der Waals surface area contributed by atoms with Crippen LogP contribution in [0.2, 0.25) is 5.02 Å². The number of benzene rings is 3. The molecule has 3 rings (SSSR count). The SMILES string of the molecule is CCC(Oc1ccc(N(C)S(C)(=O)=O)cc1)C(=O)Nc1ccccc1SCc1ccc(Cl)cc1. The van der Waals surface area contributed by atoms with E-state index in [0.717, 1.165) is 28.2 Å². The van der Waals surface area contributed by atoms with E-state index < -0.39 is 16.1 Å². The summed E-state index contributed by atoms with van der Waals surface area (Å²) >= 11 is 7.58. The highest BCUT2D eigenvalue weighted by Crippen LogP contribution is 2.30. The van der Waals surface area contributed by atoms with E-state index in [2.05, 4.69) is 5.32 Å². The molecule has 3 aromatic rings. The van der Waals surface area contributed by atoms with E-state index in [1.807, 2.05) is 55.5 Å². The number of nitrogens with one attached hydrogen (secondary N) is 1. The summed E-state index contributed by atoms with van der Waals surface area (Å²) in [4.78, 5) is 13.9. The van der Waals surface area contributed by atoms with Crippen molar-refractivity contribution >= 4 is 50.7 Å². The van der Waals surface area contributed by atoms with E-state index in [9.17, 15) is 13.2 Å². The van der Waals surface area contributed by atoms with Gasteiger partial charge in [0.2, 0.25) is 10.0 Å². The standard InChI is InChI=1S/C25H27ClN2O4S2/c1-4-23(32-21-15-13-20(14-16-21)28(2)34(3,30)31)25(29)27-22-7-5-6-8-24(22)33-17-18-9-11-19(26)12-10-18/h5-16,23H,4,17H2,1-3H3,(H,27,29). The summed E-state index contributed by atoms with van der Waals surface area (Å²) in [5.74, 6) is 0.976. The first-order chi connectivity index (χ1) is 16.2. The number of rotatable bonds is 10. The molecule has 180 valence electrons. The van der Waals surface area contributed by atoms with Crippen LogP contribution in [-0.4, -0.2) is 33.7 Å². The largest absolute Gasteiger partial charge is 0.481 e. The highest BCUT2D eigenvalue weighted by molar-refractivity contribution is 7.98. The van der Waals surface area contributed by atoms with Gasteiger partial charge in [-0.3, -0.25) is 9.10 Å². The Labute approximate surface area is 210 Å². The molecule has 6 nitrogen and oxygen atoms in total. The third kappa shape index (κ3) is 7.16. The zero-order valence-corrected chi connectivity index (χ0v) is 21.6. The lowest BCUT2D eigenvalue weighted by Gasteiger charge is -2.20. The molecule has 0 aliphatic carbocycles. The minimum absolute atomic E-state index is 0.251. The zero-order chi connectivity index (χ0) is 24.7. The Morgan fingerprint density at radius 3 is 2.32 bits per heavy atom. The summed E-state index contributed by atoms with van der Waals surface area (Å²) < 4.78 is 30.5. The third-order valence-electron chi connectivity index (χ3n) is 5.09. The molecule has 0 aliphatic heterocycles. The minimum Gasteiger partial charge on any atom is -0.481 e. The number of halogens is 1. The van der Waals surface area contributed by atoms with Gasteiger partial charge in [-0.2, -0.15) is 0 Å². The van der Waals surface area contributed by atoms with Crippen LogP contribution in [0.15, 0.2) is 77.7 Å². The Morgan fingerprint density at radius 2 is 1.71 bits per heavy atom. The van der Waals surface area contributed by atoms with Crippen molar-refractivity contribution in [1.82, 2.24) is 0 Å². The number of carbonyl (C=O) groups excluding carboxylic acids is 1. The van der Waals surface area contributed by atoms with E-state index >= 15 is 0 Å². The quantitative estimate of drug-likeness (QED) is 0.342. The van der Waals surface area contributed by atoms with Crippen molar-refractivity contribution < 1.29 is 17.9 Å². The molecule has 0 saturated carbocycles. The van der Waals surface area contributed by atoms with Crippen molar-refractivity contribution in [3.63, 3.8) is 0 Å². The first-order valence-electron chi connectivity index (χ1n) is 10.6. The van der Waals surface area contributed by atoms with Crippen molar-refractivity contribution in [2.24, 2.45) is 0 Å². The Bertz CT molecular complexity index is 1220. The second-order valence-electron chi connectivity index (χ2n) is 7.64. The van der Waals surface area contributed by atoms with Gasteiger partial charge in [-0.25, -0.2) is 8.42 Å². The number of ether oxygens (including phenoxy) is 1. The van der Waals surface area contributed by atoms with Gasteiger partial charge in [0, 0.05) is 22.7 Å². The fraction of sp³-hybridized carbons (Fsp3) is 0.240. The van der Waals surface area contributed by atoms with Crippen LogP contribution in [0.5, 0.6) is 5.75 Å². The van der Waals surface area contributed by atoms with Gasteiger partial charge in [0.15, 0.2) is 6.10 Å². The van der Waals surface area contributed by atoms with Crippen LogP contribution < -0.4 is 14.4 Å². The Kier molecular flexibility index (Phi) is 8.88. The van der Waals surface area contributed by atoms with E-state index in [0.29, 0.717) is 22.9 Å². The lowest BCUT2D eigenvalue weighted by molar-refractivity contribution is -0.122. The van der Waals surface area contributed by atoms with E-state index in [1.54, 1.807) is 36.0 Å². The molecule has 1 atom stereocenters. The Morgan fingerprint density at radius 1 is 1.06 bits per heavy atom. The maximum absolute atomic E-state index is 13.0. The molecule has 1 amide bonds. The van der Waals surface area contributed by atoms with Crippen molar-refractivity contribution in [3.8, 4) is 5.75 Å². The van der Waals surface area contributed by atoms with Gasteiger partial charge in [-0.1, -0.05) is 42.8 Å². The minimum atomic E-state index is -3.35. The summed E-state index contributed by atoms with van der Waals surface area (Å²) in [5, 5.41) is 3.68. The summed E-state index contributed by atoms with van der Waals surface area (Å²) in [6.07, 6.45) is 0.907. The average Bonchev–Trinajstić information content (AvgIpc) is 2.82. The van der Waals surface area contributed by atoms with Gasteiger partial charge in [-0.05, 0) is 60.5 Å². The van der Waals surface area contributed by atoms with Gasteiger partial charge >= 0.3 is 0 Å². The van der Waals surface area contributed by atoms with E-state index in [1.165, 1.54) is 11.4 Å². The van der Waals surface area contributed by atoms with Crippen LogP contribution in [0.25, 0.3) is 0 Å². The van der Waals surface area contributed by atoms with Crippen LogP contribution >= 0.6 is 23.4 Å². The second kappa shape index (κ2) is 11.6.